The van der Waals surface area contributed by atoms with Gasteiger partial charge in [-0.3, -0.25) is 4.79 Å². The fraction of sp³-hybridized carbons (Fsp3) is 0.409. The molecule has 0 radical (unpaired) electrons. The number of benzene rings is 1. The summed E-state index contributed by atoms with van der Waals surface area (Å²) in [5.41, 5.74) is 0.454. The largest absolute Gasteiger partial charge is 0.497 e. The molecular formula is C22H23ClF3N5O3. The second-order valence-corrected chi connectivity index (χ2v) is 8.29. The average Bonchev–Trinajstić information content (AvgIpc) is 3.31. The molecule has 1 saturated heterocycles. The molecule has 1 aromatic carbocycles. The molecule has 2 aliphatic heterocycles. The SMILES string of the molecule is COc1ccc(N2CCN(C(=O)C3=NO[C@H](CNc4ncc(C(F)(F)F)cc4Cl)C3)CC2)cc1. The van der Waals surface area contributed by atoms with E-state index in [1.807, 2.05) is 24.3 Å². The standard InChI is InChI=1S/C22H23ClF3N5O3/c1-33-16-4-2-15(3-5-16)30-6-8-31(9-7-30)21(32)19-11-17(34-29-19)13-28-20-18(23)10-14(12-27-20)22(24,25)26/h2-5,10,12,17H,6-9,11,13H2,1H3,(H,27,28)/t17-/m0/s1. The van der Waals surface area contributed by atoms with Crippen molar-refractivity contribution in [2.24, 2.45) is 5.16 Å². The zero-order chi connectivity index (χ0) is 24.3. The summed E-state index contributed by atoms with van der Waals surface area (Å²) in [5, 5.41) is 6.63. The summed E-state index contributed by atoms with van der Waals surface area (Å²) in [5.74, 6) is 0.715. The van der Waals surface area contributed by atoms with Gasteiger partial charge in [0.05, 0.1) is 24.2 Å². The topological polar surface area (TPSA) is 79.3 Å². The van der Waals surface area contributed by atoms with Crippen LogP contribution in [-0.2, 0) is 15.8 Å². The van der Waals surface area contributed by atoms with Gasteiger partial charge in [-0.1, -0.05) is 16.8 Å². The Kier molecular flexibility index (Phi) is 7.01. The van der Waals surface area contributed by atoms with Crippen LogP contribution in [0.15, 0.2) is 41.7 Å². The van der Waals surface area contributed by atoms with Crippen LogP contribution in [0.2, 0.25) is 5.02 Å². The maximum Gasteiger partial charge on any atom is 0.417 e. The number of nitrogens with one attached hydrogen (secondary N) is 1. The van der Waals surface area contributed by atoms with Crippen LogP contribution in [0.5, 0.6) is 5.75 Å². The maximum atomic E-state index is 12.9. The van der Waals surface area contributed by atoms with Gasteiger partial charge in [-0.05, 0) is 30.3 Å². The van der Waals surface area contributed by atoms with E-state index in [0.717, 1.165) is 17.5 Å². The summed E-state index contributed by atoms with van der Waals surface area (Å²) >= 11 is 5.91. The lowest BCUT2D eigenvalue weighted by Crippen LogP contribution is -2.50. The minimum atomic E-state index is -4.52. The normalized spacial score (nSPS) is 18.4. The fourth-order valence-electron chi connectivity index (χ4n) is 3.74. The molecule has 4 rings (SSSR count). The van der Waals surface area contributed by atoms with Gasteiger partial charge in [-0.25, -0.2) is 4.98 Å². The first-order chi connectivity index (χ1) is 16.2. The van der Waals surface area contributed by atoms with E-state index in [4.69, 9.17) is 21.2 Å². The highest BCUT2D eigenvalue weighted by Gasteiger charge is 2.33. The van der Waals surface area contributed by atoms with Crippen LogP contribution in [0.3, 0.4) is 0 Å². The molecule has 1 amide bonds. The van der Waals surface area contributed by atoms with E-state index in [-0.39, 0.29) is 29.7 Å². The fourth-order valence-corrected chi connectivity index (χ4v) is 3.97. The first-order valence-electron chi connectivity index (χ1n) is 10.6. The van der Waals surface area contributed by atoms with E-state index >= 15 is 0 Å². The number of carbonyl (C=O) groups excluding carboxylic acids is 1. The van der Waals surface area contributed by atoms with Crippen molar-refractivity contribution < 1.29 is 27.5 Å². The van der Waals surface area contributed by atoms with E-state index in [9.17, 15) is 18.0 Å². The third-order valence-electron chi connectivity index (χ3n) is 5.65. The molecule has 0 unspecified atom stereocenters. The third kappa shape index (κ3) is 5.46. The van der Waals surface area contributed by atoms with E-state index < -0.39 is 17.8 Å². The first kappa shape index (κ1) is 23.9. The number of carbonyl (C=O) groups is 1. The molecule has 1 N–H and O–H groups in total. The van der Waals surface area contributed by atoms with Crippen molar-refractivity contribution in [3.63, 3.8) is 0 Å². The van der Waals surface area contributed by atoms with Gasteiger partial charge >= 0.3 is 6.18 Å². The van der Waals surface area contributed by atoms with E-state index in [0.29, 0.717) is 38.1 Å². The number of rotatable bonds is 6. The monoisotopic (exact) mass is 497 g/mol. The Morgan fingerprint density at radius 1 is 1.24 bits per heavy atom. The number of nitrogens with zero attached hydrogens (tertiary/aromatic N) is 4. The van der Waals surface area contributed by atoms with Crippen LogP contribution in [0.1, 0.15) is 12.0 Å². The molecule has 1 atom stereocenters. The lowest BCUT2D eigenvalue weighted by Gasteiger charge is -2.36. The molecule has 2 aliphatic rings. The van der Waals surface area contributed by atoms with Gasteiger partial charge in [0.15, 0.2) is 6.10 Å². The van der Waals surface area contributed by atoms with Crippen LogP contribution >= 0.6 is 11.6 Å². The number of methoxy groups -OCH3 is 1. The van der Waals surface area contributed by atoms with Gasteiger partial charge in [0.1, 0.15) is 17.3 Å². The molecule has 1 fully saturated rings. The minimum absolute atomic E-state index is 0.104. The van der Waals surface area contributed by atoms with Crippen molar-refractivity contribution in [3.05, 3.63) is 47.1 Å². The van der Waals surface area contributed by atoms with Gasteiger partial charge < -0.3 is 24.7 Å². The van der Waals surface area contributed by atoms with Crippen molar-refractivity contribution in [3.8, 4) is 5.75 Å². The molecular weight excluding hydrogens is 475 g/mol. The quantitative estimate of drug-likeness (QED) is 0.656. The molecule has 8 nitrogen and oxygen atoms in total. The molecule has 34 heavy (non-hydrogen) atoms. The maximum absolute atomic E-state index is 12.9. The highest BCUT2D eigenvalue weighted by molar-refractivity contribution is 6.39. The highest BCUT2D eigenvalue weighted by Crippen LogP contribution is 2.32. The van der Waals surface area contributed by atoms with E-state index in [2.05, 4.69) is 20.4 Å². The van der Waals surface area contributed by atoms with Gasteiger partial charge in [0, 0.05) is 44.5 Å². The van der Waals surface area contributed by atoms with Gasteiger partial charge in [0.2, 0.25) is 0 Å². The summed E-state index contributed by atoms with van der Waals surface area (Å²) in [7, 11) is 1.62. The summed E-state index contributed by atoms with van der Waals surface area (Å²) in [6, 6.07) is 8.59. The molecule has 0 aliphatic carbocycles. The number of piperazine rings is 1. The van der Waals surface area contributed by atoms with Gasteiger partial charge in [-0.2, -0.15) is 13.2 Å². The molecule has 12 heteroatoms. The molecule has 0 saturated carbocycles. The second kappa shape index (κ2) is 9.96. The zero-order valence-corrected chi connectivity index (χ0v) is 19.1. The number of aromatic nitrogens is 1. The number of amides is 1. The van der Waals surface area contributed by atoms with Crippen molar-refractivity contribution in [1.82, 2.24) is 9.88 Å². The lowest BCUT2D eigenvalue weighted by atomic mass is 10.1. The first-order valence-corrected chi connectivity index (χ1v) is 11.0. The molecule has 0 bridgehead atoms. The van der Waals surface area contributed by atoms with E-state index in [1.54, 1.807) is 12.0 Å². The molecule has 182 valence electrons. The summed E-state index contributed by atoms with van der Waals surface area (Å²) in [6.45, 7) is 2.67. The smallest absolute Gasteiger partial charge is 0.417 e. The highest BCUT2D eigenvalue weighted by atomic mass is 35.5. The predicted molar refractivity (Wildman–Crippen MR) is 121 cm³/mol. The number of hydrogen-bond donors (Lipinski definition) is 1. The van der Waals surface area contributed by atoms with Crippen LogP contribution in [-0.4, -0.2) is 67.4 Å². The zero-order valence-electron chi connectivity index (χ0n) is 18.3. The van der Waals surface area contributed by atoms with Crippen molar-refractivity contribution >= 4 is 34.7 Å². The van der Waals surface area contributed by atoms with Crippen molar-refractivity contribution in [1.29, 1.82) is 0 Å². The van der Waals surface area contributed by atoms with Crippen molar-refractivity contribution in [2.45, 2.75) is 18.7 Å². The van der Waals surface area contributed by atoms with Crippen LogP contribution in [0.25, 0.3) is 0 Å². The van der Waals surface area contributed by atoms with Crippen LogP contribution in [0, 0.1) is 0 Å². The minimum Gasteiger partial charge on any atom is -0.497 e. The van der Waals surface area contributed by atoms with Crippen LogP contribution < -0.4 is 15.0 Å². The van der Waals surface area contributed by atoms with Gasteiger partial charge in [-0.15, -0.1) is 0 Å². The number of oxime groups is 1. The summed E-state index contributed by atoms with van der Waals surface area (Å²) in [6.07, 6.45) is -3.99. The third-order valence-corrected chi connectivity index (χ3v) is 5.94. The summed E-state index contributed by atoms with van der Waals surface area (Å²) < 4.78 is 43.4. The molecule has 0 spiro atoms. The number of halogens is 4. The van der Waals surface area contributed by atoms with Gasteiger partial charge in [0.25, 0.3) is 5.91 Å². The second-order valence-electron chi connectivity index (χ2n) is 7.88. The molecule has 1 aromatic heterocycles. The summed E-state index contributed by atoms with van der Waals surface area (Å²) in [4.78, 5) is 25.9. The number of hydrogen-bond acceptors (Lipinski definition) is 7. The molecule has 3 heterocycles. The Bertz CT molecular complexity index is 1060. The molecule has 2 aromatic rings. The number of anilines is 2. The Hall–Kier alpha value is -3.21. The Morgan fingerprint density at radius 2 is 1.94 bits per heavy atom. The lowest BCUT2D eigenvalue weighted by molar-refractivity contribution is -0.137. The Labute approximate surface area is 199 Å². The number of ether oxygens (including phenoxy) is 1. The predicted octanol–water partition coefficient (Wildman–Crippen LogP) is 3.67. The number of alkyl halides is 3. The average molecular weight is 498 g/mol. The van der Waals surface area contributed by atoms with E-state index in [1.165, 1.54) is 0 Å². The Balaban J connectivity index is 1.25. The van der Waals surface area contributed by atoms with Crippen LogP contribution in [0.4, 0.5) is 24.7 Å². The number of pyridine rings is 1. The Morgan fingerprint density at radius 3 is 2.56 bits per heavy atom. The van der Waals surface area contributed by atoms with Crippen molar-refractivity contribution in [2.75, 3.05) is 50.1 Å².